The first kappa shape index (κ1) is 14.1. The van der Waals surface area contributed by atoms with Crippen molar-refractivity contribution in [1.82, 2.24) is 10.2 Å². The van der Waals surface area contributed by atoms with Gasteiger partial charge in [0.2, 0.25) is 5.91 Å². The van der Waals surface area contributed by atoms with Crippen molar-refractivity contribution >= 4 is 5.91 Å². The molecule has 0 bridgehead atoms. The smallest absolute Gasteiger partial charge is 0.237 e. The summed E-state index contributed by atoms with van der Waals surface area (Å²) in [4.78, 5) is 13.4. The molecule has 0 aromatic rings. The van der Waals surface area contributed by atoms with Crippen LogP contribution in [0.15, 0.2) is 12.7 Å². The Morgan fingerprint density at radius 2 is 2.20 bits per heavy atom. The average Bonchev–Trinajstić information content (AvgIpc) is 2.21. The molecule has 0 rings (SSSR count). The van der Waals surface area contributed by atoms with Crippen LogP contribution in [0.3, 0.4) is 0 Å². The van der Waals surface area contributed by atoms with Crippen molar-refractivity contribution in [3.8, 4) is 0 Å². The van der Waals surface area contributed by atoms with Crippen LogP contribution in [0.1, 0.15) is 20.3 Å². The number of amides is 1. The molecular weight excluding hydrogens is 192 g/mol. The molecule has 4 heteroatoms. The molecule has 0 saturated heterocycles. The second-order valence-electron chi connectivity index (χ2n) is 3.83. The van der Waals surface area contributed by atoms with Crippen molar-refractivity contribution in [2.45, 2.75) is 32.4 Å². The summed E-state index contributed by atoms with van der Waals surface area (Å²) in [5, 5.41) is 11.9. The van der Waals surface area contributed by atoms with Crippen molar-refractivity contribution < 1.29 is 9.90 Å². The molecule has 0 saturated carbocycles. The van der Waals surface area contributed by atoms with Crippen LogP contribution in [-0.4, -0.2) is 48.2 Å². The van der Waals surface area contributed by atoms with Crippen molar-refractivity contribution in [1.29, 1.82) is 0 Å². The minimum Gasteiger partial charge on any atom is -0.393 e. The molecule has 0 aliphatic rings. The quantitative estimate of drug-likeness (QED) is 0.602. The van der Waals surface area contributed by atoms with Crippen molar-refractivity contribution in [2.75, 3.05) is 20.1 Å². The SMILES string of the molecule is C=CCNC(=O)C(C)N(C)CCC(C)O. The number of hydrogen-bond donors (Lipinski definition) is 2. The van der Waals surface area contributed by atoms with E-state index in [1.807, 2.05) is 18.9 Å². The fourth-order valence-electron chi connectivity index (χ4n) is 1.10. The summed E-state index contributed by atoms with van der Waals surface area (Å²) in [6, 6.07) is -0.177. The first-order chi connectivity index (χ1) is 6.99. The van der Waals surface area contributed by atoms with Gasteiger partial charge in [-0.05, 0) is 27.3 Å². The fraction of sp³-hybridized carbons (Fsp3) is 0.727. The van der Waals surface area contributed by atoms with Gasteiger partial charge >= 0.3 is 0 Å². The maximum atomic E-state index is 11.5. The van der Waals surface area contributed by atoms with Gasteiger partial charge in [-0.25, -0.2) is 0 Å². The third kappa shape index (κ3) is 6.25. The summed E-state index contributed by atoms with van der Waals surface area (Å²) in [7, 11) is 1.88. The van der Waals surface area contributed by atoms with E-state index in [1.54, 1.807) is 13.0 Å². The van der Waals surface area contributed by atoms with Gasteiger partial charge in [0, 0.05) is 13.1 Å². The zero-order chi connectivity index (χ0) is 11.8. The molecule has 0 aliphatic carbocycles. The van der Waals surface area contributed by atoms with Crippen LogP contribution in [0.5, 0.6) is 0 Å². The van der Waals surface area contributed by atoms with E-state index in [2.05, 4.69) is 11.9 Å². The zero-order valence-electron chi connectivity index (χ0n) is 9.86. The Morgan fingerprint density at radius 1 is 1.60 bits per heavy atom. The molecule has 0 fully saturated rings. The minimum atomic E-state index is -0.323. The Balaban J connectivity index is 3.90. The van der Waals surface area contributed by atoms with Crippen LogP contribution < -0.4 is 5.32 Å². The average molecular weight is 214 g/mol. The maximum Gasteiger partial charge on any atom is 0.237 e. The molecule has 2 unspecified atom stereocenters. The summed E-state index contributed by atoms with van der Waals surface area (Å²) in [5.41, 5.74) is 0. The lowest BCUT2D eigenvalue weighted by molar-refractivity contribution is -0.125. The largest absolute Gasteiger partial charge is 0.393 e. The first-order valence-electron chi connectivity index (χ1n) is 5.26. The molecule has 2 atom stereocenters. The van der Waals surface area contributed by atoms with Crippen LogP contribution in [0, 0.1) is 0 Å². The zero-order valence-corrected chi connectivity index (χ0v) is 9.86. The molecule has 0 radical (unpaired) electrons. The topological polar surface area (TPSA) is 52.6 Å². The molecule has 88 valence electrons. The molecule has 0 heterocycles. The van der Waals surface area contributed by atoms with E-state index in [9.17, 15) is 4.79 Å². The number of hydrogen-bond acceptors (Lipinski definition) is 3. The molecule has 0 spiro atoms. The monoisotopic (exact) mass is 214 g/mol. The Kier molecular flexibility index (Phi) is 6.99. The number of rotatable bonds is 7. The predicted octanol–water partition coefficient (Wildman–Crippen LogP) is 0.380. The summed E-state index contributed by atoms with van der Waals surface area (Å²) < 4.78 is 0. The van der Waals surface area contributed by atoms with Gasteiger partial charge in [0.25, 0.3) is 0 Å². The van der Waals surface area contributed by atoms with E-state index in [-0.39, 0.29) is 18.1 Å². The Hall–Kier alpha value is -0.870. The van der Waals surface area contributed by atoms with Crippen molar-refractivity contribution in [3.05, 3.63) is 12.7 Å². The van der Waals surface area contributed by atoms with Crippen LogP contribution in [0.25, 0.3) is 0 Å². The Bertz CT molecular complexity index is 205. The van der Waals surface area contributed by atoms with Gasteiger partial charge in [0.1, 0.15) is 0 Å². The highest BCUT2D eigenvalue weighted by Crippen LogP contribution is 1.99. The highest BCUT2D eigenvalue weighted by atomic mass is 16.3. The molecule has 4 nitrogen and oxygen atoms in total. The van der Waals surface area contributed by atoms with E-state index in [4.69, 9.17) is 5.11 Å². The predicted molar refractivity (Wildman–Crippen MR) is 61.6 cm³/mol. The maximum absolute atomic E-state index is 11.5. The molecule has 0 aromatic heterocycles. The lowest BCUT2D eigenvalue weighted by Gasteiger charge is -2.24. The summed E-state index contributed by atoms with van der Waals surface area (Å²) >= 11 is 0. The minimum absolute atomic E-state index is 0.0111. The number of likely N-dealkylation sites (N-methyl/N-ethyl adjacent to an activating group) is 1. The van der Waals surface area contributed by atoms with Gasteiger partial charge in [0.05, 0.1) is 12.1 Å². The highest BCUT2D eigenvalue weighted by molar-refractivity contribution is 5.81. The third-order valence-corrected chi connectivity index (χ3v) is 2.36. The van der Waals surface area contributed by atoms with Gasteiger partial charge in [0.15, 0.2) is 0 Å². The van der Waals surface area contributed by atoms with E-state index in [0.717, 1.165) is 0 Å². The van der Waals surface area contributed by atoms with Crippen LogP contribution in [-0.2, 0) is 4.79 Å². The number of nitrogens with zero attached hydrogens (tertiary/aromatic N) is 1. The second-order valence-corrected chi connectivity index (χ2v) is 3.83. The normalized spacial score (nSPS) is 14.7. The molecule has 1 amide bonds. The standard InChI is InChI=1S/C11H22N2O2/c1-5-7-12-11(15)10(3)13(4)8-6-9(2)14/h5,9-10,14H,1,6-8H2,2-4H3,(H,12,15). The lowest BCUT2D eigenvalue weighted by Crippen LogP contribution is -2.44. The Labute approximate surface area is 92.0 Å². The molecule has 2 N–H and O–H groups in total. The molecule has 0 aliphatic heterocycles. The summed E-state index contributed by atoms with van der Waals surface area (Å²) in [6.45, 7) is 8.33. The number of nitrogens with one attached hydrogen (secondary N) is 1. The van der Waals surface area contributed by atoms with Crippen LogP contribution in [0.4, 0.5) is 0 Å². The van der Waals surface area contributed by atoms with Crippen LogP contribution >= 0.6 is 0 Å². The number of aliphatic hydroxyl groups excluding tert-OH is 1. The third-order valence-electron chi connectivity index (χ3n) is 2.36. The van der Waals surface area contributed by atoms with Gasteiger partial charge < -0.3 is 10.4 Å². The second kappa shape index (κ2) is 7.43. The number of aliphatic hydroxyl groups is 1. The number of carbonyl (C=O) groups is 1. The first-order valence-corrected chi connectivity index (χ1v) is 5.26. The van der Waals surface area contributed by atoms with E-state index >= 15 is 0 Å². The molecule has 15 heavy (non-hydrogen) atoms. The van der Waals surface area contributed by atoms with E-state index in [0.29, 0.717) is 19.5 Å². The van der Waals surface area contributed by atoms with Crippen molar-refractivity contribution in [3.63, 3.8) is 0 Å². The summed E-state index contributed by atoms with van der Waals surface area (Å²) in [5.74, 6) is -0.0111. The fourth-order valence-corrected chi connectivity index (χ4v) is 1.10. The highest BCUT2D eigenvalue weighted by Gasteiger charge is 2.16. The van der Waals surface area contributed by atoms with Gasteiger partial charge in [-0.2, -0.15) is 0 Å². The van der Waals surface area contributed by atoms with E-state index in [1.165, 1.54) is 0 Å². The van der Waals surface area contributed by atoms with Gasteiger partial charge in [-0.1, -0.05) is 6.08 Å². The van der Waals surface area contributed by atoms with Gasteiger partial charge in [-0.15, -0.1) is 6.58 Å². The Morgan fingerprint density at radius 3 is 2.67 bits per heavy atom. The van der Waals surface area contributed by atoms with Gasteiger partial charge in [-0.3, -0.25) is 9.69 Å². The molecule has 0 aromatic carbocycles. The van der Waals surface area contributed by atoms with E-state index < -0.39 is 0 Å². The number of carbonyl (C=O) groups excluding carboxylic acids is 1. The van der Waals surface area contributed by atoms with Crippen molar-refractivity contribution in [2.24, 2.45) is 0 Å². The summed E-state index contributed by atoms with van der Waals surface area (Å²) in [6.07, 6.45) is 2.01. The lowest BCUT2D eigenvalue weighted by atomic mass is 10.2. The van der Waals surface area contributed by atoms with Crippen LogP contribution in [0.2, 0.25) is 0 Å². The molecular formula is C11H22N2O2.